The van der Waals surface area contributed by atoms with Crippen molar-refractivity contribution >= 4 is 5.97 Å². The first-order valence-corrected chi connectivity index (χ1v) is 11.2. The molecule has 0 fully saturated rings. The monoisotopic (exact) mass is 445 g/mol. The molecule has 0 radical (unpaired) electrons. The average Bonchev–Trinajstić information content (AvgIpc) is 3.38. The number of carboxylic acid groups (broad SMARTS) is 1. The highest BCUT2D eigenvalue weighted by Gasteiger charge is 2.30. The second-order valence-electron chi connectivity index (χ2n) is 8.77. The molecule has 1 N–H and O–H groups in total. The summed E-state index contributed by atoms with van der Waals surface area (Å²) >= 11 is 0. The van der Waals surface area contributed by atoms with Gasteiger partial charge in [0.1, 0.15) is 17.6 Å². The van der Waals surface area contributed by atoms with Gasteiger partial charge in [-0.3, -0.25) is 4.79 Å². The van der Waals surface area contributed by atoms with Gasteiger partial charge in [-0.2, -0.15) is 0 Å². The highest BCUT2D eigenvalue weighted by molar-refractivity contribution is 5.76. The predicted molar refractivity (Wildman–Crippen MR) is 124 cm³/mol. The van der Waals surface area contributed by atoms with Gasteiger partial charge in [-0.05, 0) is 60.6 Å². The maximum absolute atomic E-state index is 11.1. The van der Waals surface area contributed by atoms with Gasteiger partial charge in [-0.15, -0.1) is 0 Å². The zero-order valence-corrected chi connectivity index (χ0v) is 19.1. The van der Waals surface area contributed by atoms with Gasteiger partial charge in [-0.1, -0.05) is 24.3 Å². The number of rotatable bonds is 6. The lowest BCUT2D eigenvalue weighted by Gasteiger charge is -2.18. The minimum absolute atomic E-state index is 0.0430. The number of benzene rings is 2. The summed E-state index contributed by atoms with van der Waals surface area (Å²) < 4.78 is 17.6. The Morgan fingerprint density at radius 1 is 1.21 bits per heavy atom. The molecule has 170 valence electrons. The van der Waals surface area contributed by atoms with Crippen LogP contribution in [0.2, 0.25) is 0 Å². The average molecular weight is 446 g/mol. The van der Waals surface area contributed by atoms with Gasteiger partial charge in [-0.25, -0.2) is 4.98 Å². The first-order chi connectivity index (χ1) is 16.0. The molecule has 33 heavy (non-hydrogen) atoms. The van der Waals surface area contributed by atoms with Crippen molar-refractivity contribution in [2.24, 2.45) is 0 Å². The maximum Gasteiger partial charge on any atom is 0.304 e. The minimum Gasteiger partial charge on any atom is -0.492 e. The Balaban J connectivity index is 1.43. The third kappa shape index (κ3) is 3.80. The van der Waals surface area contributed by atoms with Crippen LogP contribution in [0, 0.1) is 13.8 Å². The summed E-state index contributed by atoms with van der Waals surface area (Å²) in [5, 5.41) is 9.11. The predicted octanol–water partition coefficient (Wildman–Crippen LogP) is 5.39. The Labute approximate surface area is 193 Å². The normalized spacial score (nSPS) is 18.4. The molecular weight excluding hydrogens is 418 g/mol. The first kappa shape index (κ1) is 21.3. The van der Waals surface area contributed by atoms with Crippen molar-refractivity contribution in [1.82, 2.24) is 4.98 Å². The quantitative estimate of drug-likeness (QED) is 0.548. The van der Waals surface area contributed by atoms with Crippen molar-refractivity contribution in [2.45, 2.75) is 45.1 Å². The number of hydrogen-bond donors (Lipinski definition) is 1. The van der Waals surface area contributed by atoms with Crippen LogP contribution in [0.4, 0.5) is 0 Å². The van der Waals surface area contributed by atoms with E-state index in [9.17, 15) is 4.79 Å². The van der Waals surface area contributed by atoms with Crippen LogP contribution >= 0.6 is 0 Å². The highest BCUT2D eigenvalue weighted by atomic mass is 16.5. The summed E-state index contributed by atoms with van der Waals surface area (Å²) in [7, 11) is 1.65. The van der Waals surface area contributed by atoms with Gasteiger partial charge in [0.2, 0.25) is 5.88 Å². The van der Waals surface area contributed by atoms with E-state index in [-0.39, 0.29) is 18.4 Å². The number of nitrogens with zero attached hydrogens (tertiary/aromatic N) is 1. The SMILES string of the molecule is COc1ncc(C)c(-c2cccc3c2CCC3Oc2ccc3c(c2)OC[C@H]3CC(=O)O)c1C. The lowest BCUT2D eigenvalue weighted by atomic mass is 9.92. The van der Waals surface area contributed by atoms with Crippen molar-refractivity contribution < 1.29 is 24.1 Å². The van der Waals surface area contributed by atoms with Gasteiger partial charge in [0, 0.05) is 29.3 Å². The molecule has 3 aromatic rings. The van der Waals surface area contributed by atoms with Crippen molar-refractivity contribution in [1.29, 1.82) is 0 Å². The number of carboxylic acids is 1. The van der Waals surface area contributed by atoms with Crippen molar-refractivity contribution in [3.8, 4) is 28.5 Å². The number of carbonyl (C=O) groups is 1. The number of fused-ring (bicyclic) bond motifs is 2. The fourth-order valence-corrected chi connectivity index (χ4v) is 5.19. The minimum atomic E-state index is -0.813. The topological polar surface area (TPSA) is 77.9 Å². The Kier molecular flexibility index (Phi) is 5.44. The van der Waals surface area contributed by atoms with Gasteiger partial charge in [0.05, 0.1) is 20.1 Å². The van der Waals surface area contributed by atoms with Gasteiger partial charge < -0.3 is 19.3 Å². The van der Waals surface area contributed by atoms with E-state index in [1.165, 1.54) is 22.3 Å². The molecule has 5 rings (SSSR count). The number of pyridine rings is 1. The lowest BCUT2D eigenvalue weighted by Crippen LogP contribution is -2.07. The van der Waals surface area contributed by atoms with E-state index in [1.54, 1.807) is 7.11 Å². The molecule has 1 aliphatic heterocycles. The number of hydrogen-bond acceptors (Lipinski definition) is 5. The van der Waals surface area contributed by atoms with Crippen molar-refractivity contribution in [2.75, 3.05) is 13.7 Å². The van der Waals surface area contributed by atoms with Gasteiger partial charge in [0.15, 0.2) is 0 Å². The van der Waals surface area contributed by atoms with Crippen LogP contribution in [-0.4, -0.2) is 29.8 Å². The van der Waals surface area contributed by atoms with Crippen LogP contribution in [0.15, 0.2) is 42.6 Å². The zero-order valence-electron chi connectivity index (χ0n) is 19.1. The lowest BCUT2D eigenvalue weighted by molar-refractivity contribution is -0.137. The molecule has 0 spiro atoms. The van der Waals surface area contributed by atoms with Crippen LogP contribution in [0.1, 0.15) is 52.7 Å². The van der Waals surface area contributed by atoms with Crippen LogP contribution in [-0.2, 0) is 11.2 Å². The van der Waals surface area contributed by atoms with Crippen LogP contribution < -0.4 is 14.2 Å². The van der Waals surface area contributed by atoms with E-state index in [4.69, 9.17) is 19.3 Å². The maximum atomic E-state index is 11.1. The second-order valence-corrected chi connectivity index (χ2v) is 8.77. The summed E-state index contributed by atoms with van der Waals surface area (Å²) in [5.41, 5.74) is 8.00. The smallest absolute Gasteiger partial charge is 0.304 e. The molecular formula is C27H27NO5. The number of aromatic nitrogens is 1. The third-order valence-corrected chi connectivity index (χ3v) is 6.71. The molecule has 1 aliphatic carbocycles. The first-order valence-electron chi connectivity index (χ1n) is 11.2. The van der Waals surface area contributed by atoms with Crippen molar-refractivity contribution in [3.63, 3.8) is 0 Å². The molecule has 1 unspecified atom stereocenters. The Morgan fingerprint density at radius 3 is 2.85 bits per heavy atom. The molecule has 6 heteroatoms. The summed E-state index contributed by atoms with van der Waals surface area (Å²) in [6.45, 7) is 4.53. The summed E-state index contributed by atoms with van der Waals surface area (Å²) in [6, 6.07) is 12.2. The third-order valence-electron chi connectivity index (χ3n) is 6.71. The van der Waals surface area contributed by atoms with Gasteiger partial charge in [0.25, 0.3) is 0 Å². The molecule has 0 saturated carbocycles. The van der Waals surface area contributed by atoms with Crippen LogP contribution in [0.5, 0.6) is 17.4 Å². The highest BCUT2D eigenvalue weighted by Crippen LogP contribution is 2.44. The molecule has 0 saturated heterocycles. The standard InChI is InChI=1S/C27H27NO5/c1-15-13-28-27(31-3)16(2)26(15)22-6-4-5-21-20(22)9-10-23(21)33-18-7-8-19-17(11-25(29)30)14-32-24(19)12-18/h4-8,12-13,17,23H,9-11,14H2,1-3H3,(H,29,30)/t17-,23?/m1/s1. The van der Waals surface area contributed by atoms with Crippen molar-refractivity contribution in [3.05, 3.63) is 70.4 Å². The largest absolute Gasteiger partial charge is 0.492 e. The number of aryl methyl sites for hydroxylation is 1. The number of aliphatic carboxylic acids is 1. The van der Waals surface area contributed by atoms with E-state index in [0.717, 1.165) is 41.0 Å². The van der Waals surface area contributed by atoms with E-state index >= 15 is 0 Å². The Hall–Kier alpha value is -3.54. The van der Waals surface area contributed by atoms with E-state index in [0.29, 0.717) is 12.5 Å². The summed E-state index contributed by atoms with van der Waals surface area (Å²) in [6.07, 6.45) is 3.73. The Bertz CT molecular complexity index is 1240. The molecule has 1 aromatic heterocycles. The molecule has 0 bridgehead atoms. The number of methoxy groups -OCH3 is 1. The van der Waals surface area contributed by atoms with E-state index < -0.39 is 5.97 Å². The zero-order chi connectivity index (χ0) is 23.1. The second kappa shape index (κ2) is 8.43. The molecule has 2 aliphatic rings. The van der Waals surface area contributed by atoms with E-state index in [2.05, 4.69) is 37.0 Å². The number of ether oxygens (including phenoxy) is 3. The van der Waals surface area contributed by atoms with Crippen LogP contribution in [0.3, 0.4) is 0 Å². The fourth-order valence-electron chi connectivity index (χ4n) is 5.19. The molecule has 0 amide bonds. The molecule has 2 heterocycles. The summed E-state index contributed by atoms with van der Waals surface area (Å²) in [4.78, 5) is 15.5. The van der Waals surface area contributed by atoms with E-state index in [1.807, 2.05) is 24.4 Å². The summed E-state index contributed by atoms with van der Waals surface area (Å²) in [5.74, 6) is 1.20. The van der Waals surface area contributed by atoms with Crippen LogP contribution in [0.25, 0.3) is 11.1 Å². The molecule has 2 aromatic carbocycles. The molecule has 6 nitrogen and oxygen atoms in total. The fraction of sp³-hybridized carbons (Fsp3) is 0.333. The molecule has 2 atom stereocenters. The van der Waals surface area contributed by atoms with Gasteiger partial charge >= 0.3 is 5.97 Å². The Morgan fingerprint density at radius 2 is 2.06 bits per heavy atom.